The maximum atomic E-state index is 12.8. The SMILES string of the molecule is COc1ccc2cn(C[C@@]3(c4cc5ncccc5o4)NC(=O)NC3=O)c(O)c2c1. The van der Waals surface area contributed by atoms with E-state index in [4.69, 9.17) is 9.15 Å². The first-order valence-corrected chi connectivity index (χ1v) is 8.85. The summed E-state index contributed by atoms with van der Waals surface area (Å²) in [5, 5.41) is 17.0. The lowest BCUT2D eigenvalue weighted by molar-refractivity contribution is -0.125. The van der Waals surface area contributed by atoms with Crippen LogP contribution in [0.3, 0.4) is 0 Å². The number of hydrogen-bond acceptors (Lipinski definition) is 6. The number of aromatic nitrogens is 2. The molecule has 0 unspecified atom stereocenters. The lowest BCUT2D eigenvalue weighted by Gasteiger charge is -2.24. The van der Waals surface area contributed by atoms with E-state index in [0.29, 0.717) is 22.2 Å². The first kappa shape index (κ1) is 17.1. The van der Waals surface area contributed by atoms with Crippen LogP contribution in [0.5, 0.6) is 11.6 Å². The third-order valence-corrected chi connectivity index (χ3v) is 5.13. The number of carbonyl (C=O) groups excluding carboxylic acids is 2. The van der Waals surface area contributed by atoms with E-state index >= 15 is 0 Å². The first-order valence-electron chi connectivity index (χ1n) is 8.85. The highest BCUT2D eigenvalue weighted by Gasteiger charge is 2.51. The molecule has 1 atom stereocenters. The van der Waals surface area contributed by atoms with Gasteiger partial charge in [-0.3, -0.25) is 15.1 Å². The van der Waals surface area contributed by atoms with Crippen molar-refractivity contribution in [2.75, 3.05) is 7.11 Å². The molecule has 0 radical (unpaired) electrons. The van der Waals surface area contributed by atoms with Crippen LogP contribution in [-0.2, 0) is 16.9 Å². The zero-order valence-corrected chi connectivity index (χ0v) is 15.3. The molecule has 1 aliphatic heterocycles. The summed E-state index contributed by atoms with van der Waals surface area (Å²) in [6.45, 7) is -0.0762. The van der Waals surface area contributed by atoms with Gasteiger partial charge in [0, 0.05) is 29.2 Å². The van der Waals surface area contributed by atoms with E-state index < -0.39 is 17.5 Å². The maximum absolute atomic E-state index is 12.8. The molecule has 0 spiro atoms. The molecular weight excluding hydrogens is 376 g/mol. The summed E-state index contributed by atoms with van der Waals surface area (Å²) in [6, 6.07) is 9.69. The number of hydrogen-bond donors (Lipinski definition) is 3. The lowest BCUT2D eigenvalue weighted by Crippen LogP contribution is -2.47. The van der Waals surface area contributed by atoms with Gasteiger partial charge in [0.25, 0.3) is 5.91 Å². The van der Waals surface area contributed by atoms with Crippen LogP contribution in [-0.4, -0.2) is 33.7 Å². The Labute approximate surface area is 163 Å². The summed E-state index contributed by atoms with van der Waals surface area (Å²) in [5.74, 6) is 0.192. The zero-order chi connectivity index (χ0) is 20.2. The number of ether oxygens (including phenoxy) is 1. The second-order valence-corrected chi connectivity index (χ2v) is 6.84. The summed E-state index contributed by atoms with van der Waals surface area (Å²) >= 11 is 0. The van der Waals surface area contributed by atoms with Gasteiger partial charge in [-0.25, -0.2) is 4.79 Å². The molecule has 146 valence electrons. The predicted molar refractivity (Wildman–Crippen MR) is 103 cm³/mol. The predicted octanol–water partition coefficient (Wildman–Crippen LogP) is 2.23. The van der Waals surface area contributed by atoms with E-state index in [1.165, 1.54) is 11.7 Å². The number of furan rings is 1. The van der Waals surface area contributed by atoms with Gasteiger partial charge in [0.05, 0.1) is 13.7 Å². The Morgan fingerprint density at radius 1 is 1.28 bits per heavy atom. The highest BCUT2D eigenvalue weighted by atomic mass is 16.5. The Morgan fingerprint density at radius 3 is 2.86 bits per heavy atom. The number of benzene rings is 1. The molecule has 3 amide bonds. The Hall–Kier alpha value is -4.01. The largest absolute Gasteiger partial charge is 0.497 e. The molecule has 5 rings (SSSR count). The Morgan fingerprint density at radius 2 is 2.14 bits per heavy atom. The number of rotatable bonds is 4. The number of nitrogens with zero attached hydrogens (tertiary/aromatic N) is 2. The van der Waals surface area contributed by atoms with Gasteiger partial charge < -0.3 is 24.1 Å². The van der Waals surface area contributed by atoms with Gasteiger partial charge in [-0.1, -0.05) is 0 Å². The smallest absolute Gasteiger partial charge is 0.322 e. The van der Waals surface area contributed by atoms with Gasteiger partial charge >= 0.3 is 6.03 Å². The molecule has 29 heavy (non-hydrogen) atoms. The van der Waals surface area contributed by atoms with Crippen LogP contribution in [0.1, 0.15) is 5.76 Å². The molecule has 4 aromatic rings. The number of imide groups is 1. The summed E-state index contributed by atoms with van der Waals surface area (Å²) in [6.07, 6.45) is 3.31. The van der Waals surface area contributed by atoms with Crippen LogP contribution in [0.25, 0.3) is 21.9 Å². The lowest BCUT2D eigenvalue weighted by atomic mass is 9.96. The molecule has 0 saturated carbocycles. The molecule has 0 aliphatic carbocycles. The van der Waals surface area contributed by atoms with Crippen LogP contribution < -0.4 is 15.4 Å². The third-order valence-electron chi connectivity index (χ3n) is 5.13. The normalized spacial score (nSPS) is 18.9. The zero-order valence-electron chi connectivity index (χ0n) is 15.3. The minimum atomic E-state index is -1.53. The fraction of sp³-hybridized carbons (Fsp3) is 0.150. The fourth-order valence-corrected chi connectivity index (χ4v) is 3.66. The van der Waals surface area contributed by atoms with E-state index in [9.17, 15) is 14.7 Å². The van der Waals surface area contributed by atoms with Gasteiger partial charge in [0.2, 0.25) is 0 Å². The first-order chi connectivity index (χ1) is 14.0. The molecule has 4 heterocycles. The van der Waals surface area contributed by atoms with Crippen molar-refractivity contribution >= 4 is 33.8 Å². The molecule has 3 aromatic heterocycles. The van der Waals surface area contributed by atoms with Crippen molar-refractivity contribution in [2.24, 2.45) is 0 Å². The highest BCUT2D eigenvalue weighted by molar-refractivity contribution is 6.07. The number of pyridine rings is 1. The number of carbonyl (C=O) groups is 2. The van der Waals surface area contributed by atoms with Crippen molar-refractivity contribution in [3.05, 3.63) is 54.6 Å². The molecular formula is C20H16N4O5. The second-order valence-electron chi connectivity index (χ2n) is 6.84. The summed E-state index contributed by atoms with van der Waals surface area (Å²) < 4.78 is 12.6. The minimum absolute atomic E-state index is 0.0542. The standard InChI is InChI=1S/C20H16N4O5/c1-28-12-5-4-11-9-24(17(25)13(11)7-12)10-20(18(26)22-19(27)23-20)16-8-14-15(29-16)3-2-6-21-14/h2-9,25H,10H2,1H3,(H2,22,23,26,27)/t20-/m0/s1. The van der Waals surface area contributed by atoms with Gasteiger partial charge in [-0.2, -0.15) is 0 Å². The molecule has 1 aliphatic rings. The molecule has 9 heteroatoms. The highest BCUT2D eigenvalue weighted by Crippen LogP contribution is 2.36. The number of nitrogens with one attached hydrogen (secondary N) is 2. The number of urea groups is 1. The van der Waals surface area contributed by atoms with Crippen LogP contribution in [0, 0.1) is 0 Å². The topological polar surface area (TPSA) is 119 Å². The van der Waals surface area contributed by atoms with E-state index in [1.807, 2.05) is 0 Å². The Kier molecular flexibility index (Phi) is 3.54. The fourth-order valence-electron chi connectivity index (χ4n) is 3.66. The van der Waals surface area contributed by atoms with Crippen LogP contribution in [0.15, 0.2) is 53.2 Å². The summed E-state index contributed by atoms with van der Waals surface area (Å²) in [7, 11) is 1.54. The Balaban J connectivity index is 1.65. The maximum Gasteiger partial charge on any atom is 0.322 e. The Bertz CT molecular complexity index is 1260. The number of fused-ring (bicyclic) bond motifs is 2. The van der Waals surface area contributed by atoms with Crippen LogP contribution in [0.2, 0.25) is 0 Å². The van der Waals surface area contributed by atoms with Gasteiger partial charge in [0.15, 0.2) is 17.0 Å². The molecule has 1 fully saturated rings. The molecule has 1 saturated heterocycles. The number of aromatic hydroxyl groups is 1. The molecule has 0 bridgehead atoms. The summed E-state index contributed by atoms with van der Waals surface area (Å²) in [4.78, 5) is 29.0. The average Bonchev–Trinajstić information content (AvgIpc) is 3.36. The van der Waals surface area contributed by atoms with Crippen LogP contribution in [0.4, 0.5) is 4.79 Å². The van der Waals surface area contributed by atoms with Gasteiger partial charge in [-0.05, 0) is 30.3 Å². The monoisotopic (exact) mass is 392 g/mol. The number of amides is 3. The molecule has 3 N–H and O–H groups in total. The number of methoxy groups -OCH3 is 1. The second kappa shape index (κ2) is 5.99. The van der Waals surface area contributed by atoms with E-state index in [2.05, 4.69) is 15.6 Å². The van der Waals surface area contributed by atoms with Crippen molar-refractivity contribution in [1.82, 2.24) is 20.2 Å². The van der Waals surface area contributed by atoms with E-state index in [-0.39, 0.29) is 18.2 Å². The van der Waals surface area contributed by atoms with Crippen molar-refractivity contribution in [1.29, 1.82) is 0 Å². The van der Waals surface area contributed by atoms with Crippen molar-refractivity contribution in [2.45, 2.75) is 12.1 Å². The quantitative estimate of drug-likeness (QED) is 0.458. The van der Waals surface area contributed by atoms with E-state index in [0.717, 1.165) is 5.39 Å². The van der Waals surface area contributed by atoms with E-state index in [1.54, 1.807) is 48.8 Å². The van der Waals surface area contributed by atoms with Crippen molar-refractivity contribution in [3.63, 3.8) is 0 Å². The third kappa shape index (κ3) is 2.51. The summed E-state index contributed by atoms with van der Waals surface area (Å²) in [5.41, 5.74) is -0.487. The van der Waals surface area contributed by atoms with Gasteiger partial charge in [-0.15, -0.1) is 0 Å². The molecule has 1 aromatic carbocycles. The van der Waals surface area contributed by atoms with Crippen molar-refractivity contribution < 1.29 is 23.8 Å². The van der Waals surface area contributed by atoms with Crippen molar-refractivity contribution in [3.8, 4) is 11.6 Å². The minimum Gasteiger partial charge on any atom is -0.497 e. The van der Waals surface area contributed by atoms with Crippen LogP contribution >= 0.6 is 0 Å². The molecule has 9 nitrogen and oxygen atoms in total. The van der Waals surface area contributed by atoms with Gasteiger partial charge in [0.1, 0.15) is 17.0 Å². The average molecular weight is 392 g/mol.